The molecule has 20 heavy (non-hydrogen) atoms. The van der Waals surface area contributed by atoms with Gasteiger partial charge in [-0.3, -0.25) is 10.1 Å². The first-order valence-corrected chi connectivity index (χ1v) is 5.16. The van der Waals surface area contributed by atoms with E-state index < -0.39 is 4.92 Å². The van der Waals surface area contributed by atoms with Crippen LogP contribution in [0.5, 0.6) is 11.5 Å². The molecule has 0 atom stereocenters. The largest absolute Gasteiger partial charge is 0.504 e. The summed E-state index contributed by atoms with van der Waals surface area (Å²) in [5.41, 5.74) is 5.15. The number of rotatable bonds is 4. The van der Waals surface area contributed by atoms with Crippen molar-refractivity contribution < 1.29 is 14.8 Å². The predicted molar refractivity (Wildman–Crippen MR) is 66.5 cm³/mol. The highest BCUT2D eigenvalue weighted by molar-refractivity contribution is 5.86. The van der Waals surface area contributed by atoms with Gasteiger partial charge in [-0.15, -0.1) is 0 Å². The summed E-state index contributed by atoms with van der Waals surface area (Å²) < 4.78 is 4.88. The molecule has 11 nitrogen and oxygen atoms in total. The third kappa shape index (κ3) is 2.45. The number of benzene rings is 1. The number of nitrogens with two attached hydrogens (primary N) is 1. The fourth-order valence-corrected chi connectivity index (χ4v) is 1.39. The zero-order chi connectivity index (χ0) is 14.7. The number of aromatic hydroxyl groups is 1. The lowest BCUT2D eigenvalue weighted by atomic mass is 10.1. The Bertz CT molecular complexity index is 681. The number of aromatic nitrogens is 4. The minimum absolute atomic E-state index is 0.0711. The van der Waals surface area contributed by atoms with E-state index in [1.807, 2.05) is 0 Å². The van der Waals surface area contributed by atoms with Crippen LogP contribution in [-0.4, -0.2) is 43.7 Å². The van der Waals surface area contributed by atoms with E-state index in [9.17, 15) is 15.2 Å². The van der Waals surface area contributed by atoms with E-state index in [4.69, 9.17) is 10.5 Å². The molecule has 0 bridgehead atoms. The number of nitrogen functional groups attached to an aromatic ring is 1. The van der Waals surface area contributed by atoms with Crippen LogP contribution in [-0.2, 0) is 0 Å². The molecule has 0 amide bonds. The molecule has 0 saturated heterocycles. The molecule has 3 N–H and O–H groups in total. The SMILES string of the molecule is COc1cc(/C=N\n2nnnc2N)c([N+](=O)[O-])cc1O. The lowest BCUT2D eigenvalue weighted by Gasteiger charge is -2.04. The van der Waals surface area contributed by atoms with Gasteiger partial charge in [-0.1, -0.05) is 9.89 Å². The highest BCUT2D eigenvalue weighted by atomic mass is 16.6. The van der Waals surface area contributed by atoms with Gasteiger partial charge in [0.05, 0.1) is 29.9 Å². The van der Waals surface area contributed by atoms with E-state index >= 15 is 0 Å². The Labute approximate surface area is 111 Å². The van der Waals surface area contributed by atoms with E-state index in [-0.39, 0.29) is 28.7 Å². The maximum Gasteiger partial charge on any atom is 0.282 e. The number of nitro groups is 1. The minimum atomic E-state index is -0.663. The van der Waals surface area contributed by atoms with Gasteiger partial charge in [0.15, 0.2) is 11.5 Å². The molecule has 0 aliphatic carbocycles. The Balaban J connectivity index is 2.46. The van der Waals surface area contributed by atoms with E-state index in [0.717, 1.165) is 17.1 Å². The summed E-state index contributed by atoms with van der Waals surface area (Å²) in [6.45, 7) is 0. The fourth-order valence-electron chi connectivity index (χ4n) is 1.39. The Kier molecular flexibility index (Phi) is 3.41. The van der Waals surface area contributed by atoms with Gasteiger partial charge < -0.3 is 15.6 Å². The van der Waals surface area contributed by atoms with E-state index in [0.29, 0.717) is 0 Å². The molecule has 0 aliphatic rings. The lowest BCUT2D eigenvalue weighted by Crippen LogP contribution is -2.01. The van der Waals surface area contributed by atoms with Gasteiger partial charge in [-0.2, -0.15) is 5.10 Å². The first-order chi connectivity index (χ1) is 9.52. The molecule has 0 aliphatic heterocycles. The third-order valence-electron chi connectivity index (χ3n) is 2.31. The van der Waals surface area contributed by atoms with Crippen molar-refractivity contribution in [1.82, 2.24) is 20.3 Å². The van der Waals surface area contributed by atoms with Crippen molar-refractivity contribution in [3.63, 3.8) is 0 Å². The number of ether oxygens (including phenoxy) is 1. The number of hydrogen-bond acceptors (Lipinski definition) is 9. The van der Waals surface area contributed by atoms with Crippen LogP contribution in [0.25, 0.3) is 0 Å². The Morgan fingerprint density at radius 2 is 2.35 bits per heavy atom. The molecule has 0 saturated carbocycles. The number of tetrazole rings is 1. The van der Waals surface area contributed by atoms with E-state index in [2.05, 4.69) is 20.6 Å². The first kappa shape index (κ1) is 13.2. The van der Waals surface area contributed by atoms with Crippen molar-refractivity contribution in [2.45, 2.75) is 0 Å². The number of phenols is 1. The molecular formula is C9H9N7O4. The average molecular weight is 279 g/mol. The van der Waals surface area contributed by atoms with Crippen LogP contribution in [0.2, 0.25) is 0 Å². The summed E-state index contributed by atoms with van der Waals surface area (Å²) in [5, 5.41) is 34.3. The molecule has 0 radical (unpaired) electrons. The predicted octanol–water partition coefficient (Wildman–Crippen LogP) is -0.240. The summed E-state index contributed by atoms with van der Waals surface area (Å²) in [6.07, 6.45) is 1.13. The van der Waals surface area contributed by atoms with Crippen molar-refractivity contribution in [1.29, 1.82) is 0 Å². The lowest BCUT2D eigenvalue weighted by molar-refractivity contribution is -0.385. The Morgan fingerprint density at radius 1 is 1.60 bits per heavy atom. The van der Waals surface area contributed by atoms with Crippen LogP contribution in [0.1, 0.15) is 5.56 Å². The monoisotopic (exact) mass is 279 g/mol. The fraction of sp³-hybridized carbons (Fsp3) is 0.111. The quantitative estimate of drug-likeness (QED) is 0.441. The van der Waals surface area contributed by atoms with Crippen LogP contribution in [0.3, 0.4) is 0 Å². The van der Waals surface area contributed by atoms with Crippen LogP contribution in [0, 0.1) is 10.1 Å². The number of phenolic OH excluding ortho intramolecular Hbond substituents is 1. The number of hydrogen-bond donors (Lipinski definition) is 2. The van der Waals surface area contributed by atoms with Crippen molar-refractivity contribution in [2.75, 3.05) is 12.8 Å². The highest BCUT2D eigenvalue weighted by Crippen LogP contribution is 2.32. The molecule has 1 aromatic heterocycles. The summed E-state index contributed by atoms with van der Waals surface area (Å²) in [7, 11) is 1.32. The molecule has 0 spiro atoms. The normalized spacial score (nSPS) is 10.8. The zero-order valence-electron chi connectivity index (χ0n) is 10.2. The van der Waals surface area contributed by atoms with Crippen LogP contribution >= 0.6 is 0 Å². The van der Waals surface area contributed by atoms with E-state index in [1.54, 1.807) is 0 Å². The van der Waals surface area contributed by atoms with E-state index in [1.165, 1.54) is 13.2 Å². The van der Waals surface area contributed by atoms with Gasteiger partial charge in [0, 0.05) is 0 Å². The number of methoxy groups -OCH3 is 1. The molecule has 1 aromatic carbocycles. The van der Waals surface area contributed by atoms with Crippen molar-refractivity contribution in [3.05, 3.63) is 27.8 Å². The maximum atomic E-state index is 10.9. The number of anilines is 1. The van der Waals surface area contributed by atoms with Crippen molar-refractivity contribution in [3.8, 4) is 11.5 Å². The molecule has 104 valence electrons. The second-order valence-corrected chi connectivity index (χ2v) is 3.51. The molecule has 0 fully saturated rings. The Hall–Kier alpha value is -3.24. The average Bonchev–Trinajstić information content (AvgIpc) is 2.82. The van der Waals surface area contributed by atoms with Crippen LogP contribution in [0.4, 0.5) is 11.6 Å². The first-order valence-electron chi connectivity index (χ1n) is 5.16. The minimum Gasteiger partial charge on any atom is -0.504 e. The maximum absolute atomic E-state index is 10.9. The smallest absolute Gasteiger partial charge is 0.282 e. The topological polar surface area (TPSA) is 155 Å². The zero-order valence-corrected chi connectivity index (χ0v) is 10.2. The standard InChI is InChI=1S/C9H9N7O4/c1-20-8-2-5(6(16(18)19)3-7(8)17)4-11-15-9(10)12-13-14-15/h2-4,17H,1H3,(H2,10,12,14)/b11-4-. The number of nitro benzene ring substituents is 1. The molecule has 2 rings (SSSR count). The molecule has 1 heterocycles. The van der Waals surface area contributed by atoms with Gasteiger partial charge in [0.2, 0.25) is 0 Å². The molecule has 11 heteroatoms. The second kappa shape index (κ2) is 5.17. The van der Waals surface area contributed by atoms with Crippen molar-refractivity contribution in [2.24, 2.45) is 5.10 Å². The summed E-state index contributed by atoms with van der Waals surface area (Å²) in [6, 6.07) is 2.22. The van der Waals surface area contributed by atoms with Crippen LogP contribution < -0.4 is 10.5 Å². The van der Waals surface area contributed by atoms with Gasteiger partial charge in [-0.25, -0.2) is 0 Å². The third-order valence-corrected chi connectivity index (χ3v) is 2.31. The molecule has 2 aromatic rings. The highest BCUT2D eigenvalue weighted by Gasteiger charge is 2.17. The summed E-state index contributed by atoms with van der Waals surface area (Å²) in [5.74, 6) is -0.352. The second-order valence-electron chi connectivity index (χ2n) is 3.51. The summed E-state index contributed by atoms with van der Waals surface area (Å²) in [4.78, 5) is 11.2. The van der Waals surface area contributed by atoms with Crippen molar-refractivity contribution >= 4 is 17.9 Å². The number of nitrogens with zero attached hydrogens (tertiary/aromatic N) is 6. The van der Waals surface area contributed by atoms with Gasteiger partial charge >= 0.3 is 0 Å². The van der Waals surface area contributed by atoms with Gasteiger partial charge in [0.1, 0.15) is 0 Å². The molecular weight excluding hydrogens is 270 g/mol. The molecule has 0 unspecified atom stereocenters. The Morgan fingerprint density at radius 3 is 2.90 bits per heavy atom. The van der Waals surface area contributed by atoms with Gasteiger partial charge in [0.25, 0.3) is 11.6 Å². The summed E-state index contributed by atoms with van der Waals surface area (Å²) >= 11 is 0. The van der Waals surface area contributed by atoms with Gasteiger partial charge in [-0.05, 0) is 16.5 Å². The van der Waals surface area contributed by atoms with Crippen LogP contribution in [0.15, 0.2) is 17.2 Å².